The minimum Gasteiger partial charge on any atom is -0.478 e. The van der Waals surface area contributed by atoms with Gasteiger partial charge in [-0.3, -0.25) is 4.79 Å². The average Bonchev–Trinajstić information content (AvgIpc) is 3.14. The van der Waals surface area contributed by atoms with Crippen LogP contribution in [0.3, 0.4) is 0 Å². The molecule has 4 rings (SSSR count). The number of carboxylic acid groups (broad SMARTS) is 1. The molecule has 2 saturated carbocycles. The van der Waals surface area contributed by atoms with E-state index in [9.17, 15) is 14.7 Å². The van der Waals surface area contributed by atoms with Gasteiger partial charge in [-0.1, -0.05) is 12.8 Å². The normalized spacial score (nSPS) is 18.9. The van der Waals surface area contributed by atoms with E-state index in [1.165, 1.54) is 19.0 Å². The Kier molecular flexibility index (Phi) is 4.63. The molecule has 4 N–H and O–H groups in total. The molecule has 0 radical (unpaired) electrons. The lowest BCUT2D eigenvalue weighted by Gasteiger charge is -2.21. The number of hydrogen-bond acceptors (Lipinski definition) is 4. The highest BCUT2D eigenvalue weighted by Gasteiger charge is 2.36. The summed E-state index contributed by atoms with van der Waals surface area (Å²) in [6.07, 6.45) is 9.76. The smallest absolute Gasteiger partial charge is 0.337 e. The Morgan fingerprint density at radius 2 is 2.04 bits per heavy atom. The number of nitrogens with one attached hydrogen (secondary N) is 3. The summed E-state index contributed by atoms with van der Waals surface area (Å²) in [5.74, 6) is -0.528. The number of hydrogen-bond donors (Lipinski definition) is 4. The van der Waals surface area contributed by atoms with E-state index in [4.69, 9.17) is 0 Å². The van der Waals surface area contributed by atoms with Crippen LogP contribution in [-0.2, 0) is 11.3 Å². The lowest BCUT2D eigenvalue weighted by Crippen LogP contribution is -2.48. The molecule has 2 aromatic heterocycles. The Balaban J connectivity index is 1.49. The predicted octanol–water partition coefficient (Wildman–Crippen LogP) is 2.19. The van der Waals surface area contributed by atoms with Gasteiger partial charge in [0.1, 0.15) is 5.65 Å². The molecule has 26 heavy (non-hydrogen) atoms. The van der Waals surface area contributed by atoms with Gasteiger partial charge < -0.3 is 20.7 Å². The third-order valence-electron chi connectivity index (χ3n) is 5.48. The van der Waals surface area contributed by atoms with Crippen molar-refractivity contribution in [1.29, 1.82) is 0 Å². The number of aromatic nitrogens is 2. The van der Waals surface area contributed by atoms with Gasteiger partial charge in [-0.05, 0) is 43.2 Å². The lowest BCUT2D eigenvalue weighted by atomic mass is 10.1. The molecule has 7 heteroatoms. The van der Waals surface area contributed by atoms with Crippen LogP contribution in [0.1, 0.15) is 54.4 Å². The Bertz CT molecular complexity index is 821. The van der Waals surface area contributed by atoms with Crippen molar-refractivity contribution in [3.8, 4) is 0 Å². The average molecular weight is 356 g/mol. The van der Waals surface area contributed by atoms with Crippen LogP contribution in [0.4, 0.5) is 0 Å². The molecule has 138 valence electrons. The van der Waals surface area contributed by atoms with Gasteiger partial charge in [0, 0.05) is 30.4 Å². The van der Waals surface area contributed by atoms with Crippen LogP contribution < -0.4 is 10.6 Å². The molecule has 2 heterocycles. The maximum Gasteiger partial charge on any atom is 0.337 e. The number of pyridine rings is 1. The van der Waals surface area contributed by atoms with Gasteiger partial charge in [0.15, 0.2) is 0 Å². The topological polar surface area (TPSA) is 107 Å². The fourth-order valence-corrected chi connectivity index (χ4v) is 3.92. The van der Waals surface area contributed by atoms with Crippen molar-refractivity contribution < 1.29 is 14.7 Å². The van der Waals surface area contributed by atoms with E-state index in [2.05, 4.69) is 20.6 Å². The summed E-state index contributed by atoms with van der Waals surface area (Å²) in [5.41, 5.74) is 1.61. The zero-order chi connectivity index (χ0) is 18.1. The number of rotatable bonds is 7. The molecular formula is C19H24N4O3. The van der Waals surface area contributed by atoms with Crippen LogP contribution in [0.5, 0.6) is 0 Å². The van der Waals surface area contributed by atoms with Gasteiger partial charge >= 0.3 is 5.97 Å². The van der Waals surface area contributed by atoms with Gasteiger partial charge in [0.05, 0.1) is 11.6 Å². The number of fused-ring (bicyclic) bond motifs is 1. The Hall–Kier alpha value is -2.41. The molecule has 0 bridgehead atoms. The number of aromatic carboxylic acids is 1. The van der Waals surface area contributed by atoms with Gasteiger partial charge in [0.2, 0.25) is 5.91 Å². The molecule has 2 fully saturated rings. The highest BCUT2D eigenvalue weighted by molar-refractivity contribution is 6.03. The Morgan fingerprint density at radius 3 is 2.73 bits per heavy atom. The third-order valence-corrected chi connectivity index (χ3v) is 5.48. The van der Waals surface area contributed by atoms with Crippen molar-refractivity contribution in [1.82, 2.24) is 20.6 Å². The van der Waals surface area contributed by atoms with Crippen LogP contribution >= 0.6 is 0 Å². The van der Waals surface area contributed by atoms with E-state index in [0.717, 1.165) is 31.2 Å². The van der Waals surface area contributed by atoms with E-state index >= 15 is 0 Å². The molecule has 1 amide bonds. The van der Waals surface area contributed by atoms with E-state index in [1.54, 1.807) is 6.20 Å². The molecule has 1 atom stereocenters. The molecule has 2 aliphatic carbocycles. The molecular weight excluding hydrogens is 332 g/mol. The first-order valence-corrected chi connectivity index (χ1v) is 9.35. The van der Waals surface area contributed by atoms with Gasteiger partial charge in [0.25, 0.3) is 0 Å². The van der Waals surface area contributed by atoms with Gasteiger partial charge in [-0.2, -0.15) is 0 Å². The maximum atomic E-state index is 12.7. The lowest BCUT2D eigenvalue weighted by molar-refractivity contribution is -0.124. The number of carbonyl (C=O) groups is 2. The molecule has 0 aromatic carbocycles. The van der Waals surface area contributed by atoms with Crippen molar-refractivity contribution in [2.24, 2.45) is 5.92 Å². The van der Waals surface area contributed by atoms with Crippen LogP contribution in [0.2, 0.25) is 0 Å². The summed E-state index contributed by atoms with van der Waals surface area (Å²) in [4.78, 5) is 31.3. The minimum absolute atomic E-state index is 0.0808. The molecule has 0 aliphatic heterocycles. The first-order valence-electron chi connectivity index (χ1n) is 9.35. The SMILES string of the molecule is O=C(O)c1c[nH]c2nccc(CN[C@@H](C(=O)NC3CCCC3)C3CC3)c12. The van der Waals surface area contributed by atoms with E-state index in [-0.39, 0.29) is 17.5 Å². The summed E-state index contributed by atoms with van der Waals surface area (Å²) in [7, 11) is 0. The van der Waals surface area contributed by atoms with Crippen molar-refractivity contribution in [2.45, 2.75) is 57.2 Å². The van der Waals surface area contributed by atoms with Crippen LogP contribution in [0.25, 0.3) is 11.0 Å². The molecule has 0 unspecified atom stereocenters. The van der Waals surface area contributed by atoms with E-state index in [0.29, 0.717) is 29.5 Å². The zero-order valence-electron chi connectivity index (χ0n) is 14.6. The zero-order valence-corrected chi connectivity index (χ0v) is 14.6. The van der Waals surface area contributed by atoms with Crippen LogP contribution in [0, 0.1) is 5.92 Å². The second-order valence-corrected chi connectivity index (χ2v) is 7.39. The predicted molar refractivity (Wildman–Crippen MR) is 96.8 cm³/mol. The molecule has 0 saturated heterocycles. The fraction of sp³-hybridized carbons (Fsp3) is 0.526. The summed E-state index contributed by atoms with van der Waals surface area (Å²) in [6.45, 7) is 0.441. The number of carboxylic acids is 1. The third kappa shape index (κ3) is 3.44. The largest absolute Gasteiger partial charge is 0.478 e. The number of carbonyl (C=O) groups excluding carboxylic acids is 1. The van der Waals surface area contributed by atoms with Crippen molar-refractivity contribution in [3.63, 3.8) is 0 Å². The number of nitrogens with zero attached hydrogens (tertiary/aromatic N) is 1. The summed E-state index contributed by atoms with van der Waals surface area (Å²) in [5, 5.41) is 16.6. The van der Waals surface area contributed by atoms with E-state index < -0.39 is 5.97 Å². The van der Waals surface area contributed by atoms with Gasteiger partial charge in [-0.15, -0.1) is 0 Å². The van der Waals surface area contributed by atoms with Crippen molar-refractivity contribution in [2.75, 3.05) is 0 Å². The molecule has 2 aromatic rings. The molecule has 0 spiro atoms. The quantitative estimate of drug-likeness (QED) is 0.608. The first kappa shape index (κ1) is 17.0. The first-order chi connectivity index (χ1) is 12.6. The van der Waals surface area contributed by atoms with Crippen molar-refractivity contribution in [3.05, 3.63) is 29.6 Å². The highest BCUT2D eigenvalue weighted by Crippen LogP contribution is 2.33. The van der Waals surface area contributed by atoms with E-state index in [1.807, 2.05) is 6.07 Å². The summed E-state index contributed by atoms with van der Waals surface area (Å²) >= 11 is 0. The Labute approximate surface area is 151 Å². The Morgan fingerprint density at radius 1 is 1.27 bits per heavy atom. The number of aromatic amines is 1. The van der Waals surface area contributed by atoms with Crippen molar-refractivity contribution >= 4 is 22.9 Å². The standard InChI is InChI=1S/C19H24N4O3/c24-18(23-13-3-1-2-4-13)16(11-5-6-11)21-9-12-7-8-20-17-15(12)14(10-22-17)19(25)26/h7-8,10-11,13,16,21H,1-6,9H2,(H,20,22)(H,23,24)(H,25,26)/t16-/m1/s1. The maximum absolute atomic E-state index is 12.7. The summed E-state index contributed by atoms with van der Waals surface area (Å²) in [6, 6.07) is 1.90. The summed E-state index contributed by atoms with van der Waals surface area (Å²) < 4.78 is 0. The minimum atomic E-state index is -0.983. The van der Waals surface area contributed by atoms with Crippen LogP contribution in [-0.4, -0.2) is 39.0 Å². The second kappa shape index (κ2) is 7.07. The number of amides is 1. The molecule has 2 aliphatic rings. The fourth-order valence-electron chi connectivity index (χ4n) is 3.92. The molecule has 7 nitrogen and oxygen atoms in total. The number of H-pyrrole nitrogens is 1. The monoisotopic (exact) mass is 356 g/mol. The van der Waals surface area contributed by atoms with Gasteiger partial charge in [-0.25, -0.2) is 9.78 Å². The van der Waals surface area contributed by atoms with Crippen LogP contribution in [0.15, 0.2) is 18.5 Å². The highest BCUT2D eigenvalue weighted by atomic mass is 16.4. The second-order valence-electron chi connectivity index (χ2n) is 7.39.